The summed E-state index contributed by atoms with van der Waals surface area (Å²) in [5.41, 5.74) is 0.258. The topological polar surface area (TPSA) is 84.9 Å². The number of nitrogens with one attached hydrogen (secondary N) is 1. The smallest absolute Gasteiger partial charge is 0.248 e. The summed E-state index contributed by atoms with van der Waals surface area (Å²) in [6.45, 7) is 1.08. The summed E-state index contributed by atoms with van der Waals surface area (Å²) in [6.07, 6.45) is 2.50. The van der Waals surface area contributed by atoms with Crippen molar-refractivity contribution in [2.24, 2.45) is 0 Å². The molecule has 0 atom stereocenters. The molecule has 160 valence electrons. The van der Waals surface area contributed by atoms with Crippen molar-refractivity contribution < 1.29 is 31.5 Å². The lowest BCUT2D eigenvalue weighted by Gasteiger charge is -2.26. The number of amides is 1. The van der Waals surface area contributed by atoms with Gasteiger partial charge >= 0.3 is 0 Å². The molecule has 0 bridgehead atoms. The van der Waals surface area contributed by atoms with Gasteiger partial charge in [-0.25, -0.2) is 17.2 Å². The number of ether oxygens (including phenoxy) is 2. The summed E-state index contributed by atoms with van der Waals surface area (Å²) in [7, 11) is -2.45. The van der Waals surface area contributed by atoms with Gasteiger partial charge in [-0.15, -0.1) is 0 Å². The van der Waals surface area contributed by atoms with E-state index >= 15 is 0 Å². The molecule has 1 heterocycles. The summed E-state index contributed by atoms with van der Waals surface area (Å²) in [6, 6.07) is 7.26. The third-order valence-corrected chi connectivity index (χ3v) is 6.31. The van der Waals surface area contributed by atoms with E-state index in [9.17, 15) is 22.0 Å². The molecule has 0 radical (unpaired) electrons. The van der Waals surface area contributed by atoms with E-state index in [1.807, 2.05) is 0 Å². The van der Waals surface area contributed by atoms with E-state index < -0.39 is 27.6 Å². The van der Waals surface area contributed by atoms with Crippen LogP contribution in [0.15, 0.2) is 47.4 Å². The van der Waals surface area contributed by atoms with Crippen molar-refractivity contribution in [3.05, 3.63) is 59.7 Å². The van der Waals surface area contributed by atoms with Crippen LogP contribution in [0.3, 0.4) is 0 Å². The number of anilines is 1. The van der Waals surface area contributed by atoms with E-state index in [1.165, 1.54) is 29.6 Å². The predicted octanol–water partition coefficient (Wildman–Crippen LogP) is 2.65. The quantitative estimate of drug-likeness (QED) is 0.701. The van der Waals surface area contributed by atoms with Crippen LogP contribution in [-0.4, -0.2) is 52.0 Å². The number of morpholine rings is 1. The predicted molar refractivity (Wildman–Crippen MR) is 107 cm³/mol. The van der Waals surface area contributed by atoms with Crippen LogP contribution >= 0.6 is 0 Å². The first-order valence-electron chi connectivity index (χ1n) is 9.01. The summed E-state index contributed by atoms with van der Waals surface area (Å²) >= 11 is 0. The zero-order valence-electron chi connectivity index (χ0n) is 16.1. The standard InChI is InChI=1S/C20H20F2N2O5S/c1-28-18-6-2-14(12-19(18)30(26,27)24-8-10-29-11-9-24)3-7-20(25)23-17-5-4-15(21)13-16(17)22/h2-7,12-13H,8-11H2,1H3,(H,23,25)/b7-3+. The molecule has 1 saturated heterocycles. The molecule has 0 unspecified atom stereocenters. The molecular weight excluding hydrogens is 418 g/mol. The highest BCUT2D eigenvalue weighted by molar-refractivity contribution is 7.89. The van der Waals surface area contributed by atoms with E-state index in [-0.39, 0.29) is 29.4 Å². The fourth-order valence-corrected chi connectivity index (χ4v) is 4.46. The maximum Gasteiger partial charge on any atom is 0.248 e. The van der Waals surface area contributed by atoms with Crippen molar-refractivity contribution in [3.8, 4) is 5.75 Å². The first-order chi connectivity index (χ1) is 14.3. The molecular formula is C20H20F2N2O5S. The highest BCUT2D eigenvalue weighted by atomic mass is 32.2. The number of rotatable bonds is 6. The molecule has 1 amide bonds. The third-order valence-electron chi connectivity index (χ3n) is 4.39. The van der Waals surface area contributed by atoms with Crippen LogP contribution in [0, 0.1) is 11.6 Å². The minimum Gasteiger partial charge on any atom is -0.495 e. The van der Waals surface area contributed by atoms with Gasteiger partial charge in [0.25, 0.3) is 0 Å². The van der Waals surface area contributed by atoms with Gasteiger partial charge in [0.1, 0.15) is 22.3 Å². The number of carbonyl (C=O) groups excluding carboxylic acids is 1. The Morgan fingerprint density at radius 2 is 1.90 bits per heavy atom. The van der Waals surface area contributed by atoms with E-state index in [2.05, 4.69) is 5.32 Å². The maximum absolute atomic E-state index is 13.6. The van der Waals surface area contributed by atoms with Gasteiger partial charge in [0, 0.05) is 25.2 Å². The number of hydrogen-bond donors (Lipinski definition) is 1. The van der Waals surface area contributed by atoms with Crippen molar-refractivity contribution in [1.29, 1.82) is 0 Å². The fourth-order valence-electron chi connectivity index (χ4n) is 2.86. The van der Waals surface area contributed by atoms with Crippen LogP contribution < -0.4 is 10.1 Å². The molecule has 30 heavy (non-hydrogen) atoms. The normalized spacial score (nSPS) is 15.3. The van der Waals surface area contributed by atoms with E-state index in [1.54, 1.807) is 6.07 Å². The highest BCUT2D eigenvalue weighted by Crippen LogP contribution is 2.29. The van der Waals surface area contributed by atoms with Crippen molar-refractivity contribution in [1.82, 2.24) is 4.31 Å². The van der Waals surface area contributed by atoms with Crippen LogP contribution in [0.5, 0.6) is 5.75 Å². The molecule has 3 rings (SSSR count). The van der Waals surface area contributed by atoms with Gasteiger partial charge in [0.15, 0.2) is 0 Å². The minimum absolute atomic E-state index is 0.0287. The second kappa shape index (κ2) is 9.33. The molecule has 1 aliphatic rings. The van der Waals surface area contributed by atoms with Crippen molar-refractivity contribution in [2.75, 3.05) is 38.7 Å². The first kappa shape index (κ1) is 21.9. The van der Waals surface area contributed by atoms with Gasteiger partial charge in [0.05, 0.1) is 26.0 Å². The number of methoxy groups -OCH3 is 1. The van der Waals surface area contributed by atoms with Gasteiger partial charge in [-0.2, -0.15) is 4.31 Å². The lowest BCUT2D eigenvalue weighted by Crippen LogP contribution is -2.40. The SMILES string of the molecule is COc1ccc(/C=C/C(=O)Nc2ccc(F)cc2F)cc1S(=O)(=O)N1CCOCC1. The summed E-state index contributed by atoms with van der Waals surface area (Å²) in [4.78, 5) is 12.0. The monoisotopic (exact) mass is 438 g/mol. The molecule has 2 aromatic carbocycles. The van der Waals surface area contributed by atoms with E-state index in [0.717, 1.165) is 18.2 Å². The Hall–Kier alpha value is -2.82. The maximum atomic E-state index is 13.6. The summed E-state index contributed by atoms with van der Waals surface area (Å²) in [5, 5.41) is 2.29. The summed E-state index contributed by atoms with van der Waals surface area (Å²) in [5.74, 6) is -2.14. The lowest BCUT2D eigenvalue weighted by atomic mass is 10.2. The molecule has 7 nitrogen and oxygen atoms in total. The molecule has 1 fully saturated rings. The third kappa shape index (κ3) is 5.02. The highest BCUT2D eigenvalue weighted by Gasteiger charge is 2.29. The summed E-state index contributed by atoms with van der Waals surface area (Å²) < 4.78 is 64.3. The number of hydrogen-bond acceptors (Lipinski definition) is 5. The largest absolute Gasteiger partial charge is 0.495 e. The Kier molecular flexibility index (Phi) is 6.80. The van der Waals surface area contributed by atoms with Crippen LogP contribution in [0.4, 0.5) is 14.5 Å². The van der Waals surface area contributed by atoms with Crippen LogP contribution in [-0.2, 0) is 19.6 Å². The zero-order chi connectivity index (χ0) is 21.7. The number of benzene rings is 2. The second-order valence-corrected chi connectivity index (χ2v) is 8.28. The Morgan fingerprint density at radius 1 is 1.17 bits per heavy atom. The van der Waals surface area contributed by atoms with Crippen molar-refractivity contribution in [3.63, 3.8) is 0 Å². The molecule has 1 aliphatic heterocycles. The number of halogens is 2. The molecule has 2 aromatic rings. The van der Waals surface area contributed by atoms with Gasteiger partial charge in [-0.1, -0.05) is 6.07 Å². The fraction of sp³-hybridized carbons (Fsp3) is 0.250. The van der Waals surface area contributed by atoms with E-state index in [0.29, 0.717) is 24.8 Å². The zero-order valence-corrected chi connectivity index (χ0v) is 16.9. The van der Waals surface area contributed by atoms with Gasteiger partial charge < -0.3 is 14.8 Å². The van der Waals surface area contributed by atoms with Crippen molar-refractivity contribution >= 4 is 27.7 Å². The Labute approximate surface area is 173 Å². The van der Waals surface area contributed by atoms with Crippen molar-refractivity contribution in [2.45, 2.75) is 4.90 Å². The average Bonchev–Trinajstić information content (AvgIpc) is 2.74. The minimum atomic E-state index is -3.82. The van der Waals surface area contributed by atoms with E-state index in [4.69, 9.17) is 9.47 Å². The van der Waals surface area contributed by atoms with Crippen LogP contribution in [0.1, 0.15) is 5.56 Å². The van der Waals surface area contributed by atoms with Gasteiger partial charge in [-0.3, -0.25) is 4.79 Å². The van der Waals surface area contributed by atoms with Crippen LogP contribution in [0.25, 0.3) is 6.08 Å². The first-order valence-corrected chi connectivity index (χ1v) is 10.5. The van der Waals surface area contributed by atoms with Crippen LogP contribution in [0.2, 0.25) is 0 Å². The van der Waals surface area contributed by atoms with Gasteiger partial charge in [0.2, 0.25) is 15.9 Å². The molecule has 0 aliphatic carbocycles. The molecule has 1 N–H and O–H groups in total. The number of sulfonamides is 1. The molecule has 0 spiro atoms. The second-order valence-electron chi connectivity index (χ2n) is 6.37. The Bertz CT molecular complexity index is 1070. The number of carbonyl (C=O) groups is 1. The lowest BCUT2D eigenvalue weighted by molar-refractivity contribution is -0.111. The number of nitrogens with zero attached hydrogens (tertiary/aromatic N) is 1. The molecule has 0 saturated carbocycles. The molecule has 10 heteroatoms. The Balaban J connectivity index is 1.81. The Morgan fingerprint density at radius 3 is 2.57 bits per heavy atom. The van der Waals surface area contributed by atoms with Gasteiger partial charge in [-0.05, 0) is 35.9 Å². The molecule has 0 aromatic heterocycles. The average molecular weight is 438 g/mol.